The number of rotatable bonds is 4. The first-order chi connectivity index (χ1) is 11.9. The fourth-order valence-electron chi connectivity index (χ4n) is 2.94. The van der Waals surface area contributed by atoms with Crippen LogP contribution in [0.4, 0.5) is 5.69 Å². The average molecular weight is 377 g/mol. The minimum absolute atomic E-state index is 0.0996. The first kappa shape index (κ1) is 17.8. The molecule has 0 aliphatic carbocycles. The second kappa shape index (κ2) is 7.51. The van der Waals surface area contributed by atoms with Gasteiger partial charge >= 0.3 is 0 Å². The molecular weight excluding hydrogens is 356 g/mol. The molecule has 1 heterocycles. The van der Waals surface area contributed by atoms with Gasteiger partial charge in [0.05, 0.1) is 23.7 Å². The van der Waals surface area contributed by atoms with E-state index in [-0.39, 0.29) is 11.5 Å². The Hall–Kier alpha value is -1.96. The molecule has 0 aromatic heterocycles. The predicted molar refractivity (Wildman–Crippen MR) is 103 cm³/mol. The van der Waals surface area contributed by atoms with Gasteiger partial charge in [0, 0.05) is 12.2 Å². The van der Waals surface area contributed by atoms with Gasteiger partial charge in [-0.05, 0) is 29.9 Å². The highest BCUT2D eigenvalue weighted by atomic mass is 32.2. The monoisotopic (exact) mass is 376 g/mol. The standard InChI is InChI=1S/C18H20N2O3S2/c21-17-13-25(22,23)12-16(17)20(11-14-7-3-1-4-8-14)18(24)19-15-9-5-2-6-10-15/h1-10,16-17,21H,11-13H2,(H,19,24)/t16-,17+/m1/s1. The van der Waals surface area contributed by atoms with Gasteiger partial charge in [-0.15, -0.1) is 0 Å². The topological polar surface area (TPSA) is 69.6 Å². The van der Waals surface area contributed by atoms with E-state index in [1.807, 2.05) is 60.7 Å². The van der Waals surface area contributed by atoms with E-state index < -0.39 is 22.0 Å². The number of anilines is 1. The van der Waals surface area contributed by atoms with Gasteiger partial charge in [0.1, 0.15) is 0 Å². The number of hydrogen-bond donors (Lipinski definition) is 2. The van der Waals surface area contributed by atoms with Gasteiger partial charge < -0.3 is 15.3 Å². The van der Waals surface area contributed by atoms with Gasteiger partial charge in [-0.1, -0.05) is 48.5 Å². The third-order valence-corrected chi connectivity index (χ3v) is 6.21. The molecule has 3 rings (SSSR count). The van der Waals surface area contributed by atoms with Crippen LogP contribution in [0.15, 0.2) is 60.7 Å². The maximum atomic E-state index is 11.9. The SMILES string of the molecule is O=S1(=O)C[C@@H](N(Cc2ccccc2)C(=S)Nc2ccccc2)[C@@H](O)C1. The molecular formula is C18H20N2O3S2. The van der Waals surface area contributed by atoms with Crippen LogP contribution in [0.5, 0.6) is 0 Å². The van der Waals surface area contributed by atoms with E-state index in [1.54, 1.807) is 4.90 Å². The number of para-hydroxylation sites is 1. The maximum absolute atomic E-state index is 11.9. The van der Waals surface area contributed by atoms with Gasteiger partial charge in [-0.25, -0.2) is 8.42 Å². The summed E-state index contributed by atoms with van der Waals surface area (Å²) in [5.74, 6) is -0.325. The number of thiocarbonyl (C=S) groups is 1. The third-order valence-electron chi connectivity index (χ3n) is 4.18. The molecule has 0 bridgehead atoms. The van der Waals surface area contributed by atoms with Crippen molar-refractivity contribution >= 4 is 32.9 Å². The van der Waals surface area contributed by atoms with Crippen LogP contribution >= 0.6 is 12.2 Å². The Bertz CT molecular complexity index is 826. The highest BCUT2D eigenvalue weighted by Gasteiger charge is 2.41. The summed E-state index contributed by atoms with van der Waals surface area (Å²) in [5, 5.41) is 13.8. The summed E-state index contributed by atoms with van der Waals surface area (Å²) in [6.07, 6.45) is -0.954. The summed E-state index contributed by atoms with van der Waals surface area (Å²) in [6.45, 7) is 0.427. The number of sulfone groups is 1. The molecule has 0 radical (unpaired) electrons. The van der Waals surface area contributed by atoms with Gasteiger partial charge in [0.15, 0.2) is 14.9 Å². The molecule has 2 aromatic carbocycles. The van der Waals surface area contributed by atoms with E-state index in [1.165, 1.54) is 0 Å². The van der Waals surface area contributed by atoms with Crippen molar-refractivity contribution in [3.8, 4) is 0 Å². The summed E-state index contributed by atoms with van der Waals surface area (Å²) < 4.78 is 23.9. The number of aliphatic hydroxyl groups is 1. The summed E-state index contributed by atoms with van der Waals surface area (Å²) in [5.41, 5.74) is 1.82. The average Bonchev–Trinajstić information content (AvgIpc) is 2.87. The van der Waals surface area contributed by atoms with Crippen molar-refractivity contribution < 1.29 is 13.5 Å². The molecule has 2 N–H and O–H groups in total. The Labute approximate surface area is 153 Å². The van der Waals surface area contributed by atoms with Gasteiger partial charge in [0.25, 0.3) is 0 Å². The molecule has 2 atom stereocenters. The number of nitrogens with one attached hydrogen (secondary N) is 1. The Balaban J connectivity index is 1.85. The molecule has 2 aromatic rings. The number of hydrogen-bond acceptors (Lipinski definition) is 4. The van der Waals surface area contributed by atoms with Crippen LogP contribution in [-0.4, -0.2) is 47.2 Å². The molecule has 1 fully saturated rings. The van der Waals surface area contributed by atoms with Gasteiger partial charge in [0.2, 0.25) is 0 Å². The Morgan fingerprint density at radius 1 is 1.08 bits per heavy atom. The maximum Gasteiger partial charge on any atom is 0.174 e. The minimum atomic E-state index is -3.27. The zero-order valence-electron chi connectivity index (χ0n) is 13.6. The first-order valence-electron chi connectivity index (χ1n) is 8.00. The summed E-state index contributed by atoms with van der Waals surface area (Å²) >= 11 is 5.53. The van der Waals surface area contributed by atoms with E-state index in [9.17, 15) is 13.5 Å². The van der Waals surface area contributed by atoms with Crippen molar-refractivity contribution in [3.05, 3.63) is 66.2 Å². The van der Waals surface area contributed by atoms with Crippen LogP contribution in [0, 0.1) is 0 Å². The lowest BCUT2D eigenvalue weighted by Crippen LogP contribution is -2.47. The Morgan fingerprint density at radius 3 is 2.24 bits per heavy atom. The molecule has 1 aliphatic heterocycles. The molecule has 132 valence electrons. The van der Waals surface area contributed by atoms with Gasteiger partial charge in [-0.2, -0.15) is 0 Å². The largest absolute Gasteiger partial charge is 0.390 e. The quantitative estimate of drug-likeness (QED) is 0.796. The number of aliphatic hydroxyl groups excluding tert-OH is 1. The lowest BCUT2D eigenvalue weighted by molar-refractivity contribution is 0.120. The molecule has 25 heavy (non-hydrogen) atoms. The van der Waals surface area contributed by atoms with E-state index in [2.05, 4.69) is 5.32 Å². The van der Waals surface area contributed by atoms with Crippen molar-refractivity contribution in [2.45, 2.75) is 18.7 Å². The van der Waals surface area contributed by atoms with Crippen molar-refractivity contribution in [1.82, 2.24) is 4.90 Å². The Morgan fingerprint density at radius 2 is 1.68 bits per heavy atom. The van der Waals surface area contributed by atoms with E-state index in [4.69, 9.17) is 12.2 Å². The fraction of sp³-hybridized carbons (Fsp3) is 0.278. The summed E-state index contributed by atoms with van der Waals surface area (Å²) in [6, 6.07) is 18.6. The second-order valence-electron chi connectivity index (χ2n) is 6.12. The minimum Gasteiger partial charge on any atom is -0.390 e. The van der Waals surface area contributed by atoms with Gasteiger partial charge in [-0.3, -0.25) is 0 Å². The molecule has 1 saturated heterocycles. The highest BCUT2D eigenvalue weighted by Crippen LogP contribution is 2.22. The molecule has 5 nitrogen and oxygen atoms in total. The normalized spacial score (nSPS) is 21.6. The zero-order chi connectivity index (χ0) is 17.9. The molecule has 0 amide bonds. The summed E-state index contributed by atoms with van der Waals surface area (Å²) in [4.78, 5) is 1.77. The van der Waals surface area contributed by atoms with Crippen molar-refractivity contribution in [1.29, 1.82) is 0 Å². The number of nitrogens with zero attached hydrogens (tertiary/aromatic N) is 1. The van der Waals surface area contributed by atoms with E-state index >= 15 is 0 Å². The summed E-state index contributed by atoms with van der Waals surface area (Å²) in [7, 11) is -3.27. The van der Waals surface area contributed by atoms with E-state index in [0.717, 1.165) is 11.3 Å². The molecule has 0 saturated carbocycles. The third kappa shape index (κ3) is 4.56. The van der Waals surface area contributed by atoms with Crippen LogP contribution in [0.3, 0.4) is 0 Å². The molecule has 1 aliphatic rings. The fourth-order valence-corrected chi connectivity index (χ4v) is 5.06. The van der Waals surface area contributed by atoms with Crippen molar-refractivity contribution in [2.24, 2.45) is 0 Å². The molecule has 0 unspecified atom stereocenters. The lowest BCUT2D eigenvalue weighted by atomic mass is 10.1. The van der Waals surface area contributed by atoms with Crippen LogP contribution in [0.2, 0.25) is 0 Å². The second-order valence-corrected chi connectivity index (χ2v) is 8.66. The van der Waals surface area contributed by atoms with Crippen molar-refractivity contribution in [2.75, 3.05) is 16.8 Å². The smallest absolute Gasteiger partial charge is 0.174 e. The van der Waals surface area contributed by atoms with Crippen molar-refractivity contribution in [3.63, 3.8) is 0 Å². The lowest BCUT2D eigenvalue weighted by Gasteiger charge is -2.33. The Kier molecular flexibility index (Phi) is 5.36. The number of benzene rings is 2. The zero-order valence-corrected chi connectivity index (χ0v) is 15.2. The predicted octanol–water partition coefficient (Wildman–Crippen LogP) is 2.04. The molecule has 7 heteroatoms. The highest BCUT2D eigenvalue weighted by molar-refractivity contribution is 7.91. The van der Waals surface area contributed by atoms with Crippen LogP contribution < -0.4 is 5.32 Å². The molecule has 0 spiro atoms. The van der Waals surface area contributed by atoms with Crippen LogP contribution in [0.1, 0.15) is 5.56 Å². The first-order valence-corrected chi connectivity index (χ1v) is 10.2. The van der Waals surface area contributed by atoms with E-state index in [0.29, 0.717) is 11.7 Å². The van der Waals surface area contributed by atoms with Crippen LogP contribution in [0.25, 0.3) is 0 Å². The van der Waals surface area contributed by atoms with Crippen LogP contribution in [-0.2, 0) is 16.4 Å².